The van der Waals surface area contributed by atoms with Crippen molar-refractivity contribution in [2.75, 3.05) is 0 Å². The molecule has 0 radical (unpaired) electrons. The fraction of sp³-hybridized carbons (Fsp3) is 0.667. The summed E-state index contributed by atoms with van der Waals surface area (Å²) >= 11 is 0. The van der Waals surface area contributed by atoms with E-state index in [1.54, 1.807) is 13.0 Å². The third kappa shape index (κ3) is 2.47. The molecule has 0 amide bonds. The van der Waals surface area contributed by atoms with Crippen molar-refractivity contribution in [2.24, 2.45) is 11.8 Å². The summed E-state index contributed by atoms with van der Waals surface area (Å²) in [6.45, 7) is 5.15. The number of fused-ring (bicyclic) bond motifs is 1. The zero-order valence-electron chi connectivity index (χ0n) is 11.7. The number of allylic oxidation sites excluding steroid dienone is 1. The van der Waals surface area contributed by atoms with Crippen LogP contribution in [-0.4, -0.2) is 32.5 Å². The van der Waals surface area contributed by atoms with Gasteiger partial charge in [0.05, 0.1) is 5.60 Å². The van der Waals surface area contributed by atoms with E-state index in [4.69, 9.17) is 5.11 Å². The molecular weight excluding hydrogens is 244 g/mol. The van der Waals surface area contributed by atoms with Gasteiger partial charge in [-0.3, -0.25) is 0 Å². The molecule has 0 spiro atoms. The van der Waals surface area contributed by atoms with Gasteiger partial charge in [0.15, 0.2) is 0 Å². The van der Waals surface area contributed by atoms with Crippen LogP contribution in [0.4, 0.5) is 0 Å². The van der Waals surface area contributed by atoms with E-state index in [2.05, 4.69) is 0 Å². The minimum absolute atomic E-state index is 0.106. The van der Waals surface area contributed by atoms with Gasteiger partial charge in [0, 0.05) is 11.5 Å². The lowest BCUT2D eigenvalue weighted by molar-refractivity contribution is -0.133. The SMILES string of the molecule is CC1=C[C@](O)(/C=C(\C)C(=O)O)[C@H]2[C@@H](CC[C@]2(C)O)C1. The second-order valence-corrected chi connectivity index (χ2v) is 6.35. The normalized spacial score (nSPS) is 42.8. The molecule has 2 aliphatic carbocycles. The van der Waals surface area contributed by atoms with Crippen molar-refractivity contribution >= 4 is 5.97 Å². The van der Waals surface area contributed by atoms with Crippen molar-refractivity contribution < 1.29 is 20.1 Å². The monoisotopic (exact) mass is 266 g/mol. The molecule has 0 unspecified atom stereocenters. The zero-order valence-corrected chi connectivity index (χ0v) is 11.7. The van der Waals surface area contributed by atoms with Gasteiger partial charge in [0.1, 0.15) is 5.60 Å². The van der Waals surface area contributed by atoms with Crippen LogP contribution >= 0.6 is 0 Å². The first-order chi connectivity index (χ1) is 8.66. The first-order valence-electron chi connectivity index (χ1n) is 6.71. The summed E-state index contributed by atoms with van der Waals surface area (Å²) < 4.78 is 0. The summed E-state index contributed by atoms with van der Waals surface area (Å²) in [5, 5.41) is 30.4. The second-order valence-electron chi connectivity index (χ2n) is 6.35. The summed E-state index contributed by atoms with van der Waals surface area (Å²) in [5.41, 5.74) is -1.16. The predicted molar refractivity (Wildman–Crippen MR) is 71.6 cm³/mol. The fourth-order valence-corrected chi connectivity index (χ4v) is 3.90. The molecule has 0 bridgehead atoms. The average molecular weight is 266 g/mol. The Morgan fingerprint density at radius 1 is 1.47 bits per heavy atom. The van der Waals surface area contributed by atoms with Crippen LogP contribution in [0.2, 0.25) is 0 Å². The lowest BCUT2D eigenvalue weighted by Gasteiger charge is -2.43. The van der Waals surface area contributed by atoms with Crippen LogP contribution < -0.4 is 0 Å². The van der Waals surface area contributed by atoms with Crippen molar-refractivity contribution in [3.05, 3.63) is 23.3 Å². The first kappa shape index (κ1) is 14.3. The van der Waals surface area contributed by atoms with Crippen molar-refractivity contribution in [3.8, 4) is 0 Å². The van der Waals surface area contributed by atoms with Crippen LogP contribution in [0.15, 0.2) is 23.3 Å². The van der Waals surface area contributed by atoms with Gasteiger partial charge in [0.25, 0.3) is 0 Å². The highest BCUT2D eigenvalue weighted by Crippen LogP contribution is 2.52. The van der Waals surface area contributed by atoms with E-state index < -0.39 is 17.2 Å². The van der Waals surface area contributed by atoms with Gasteiger partial charge in [-0.1, -0.05) is 5.57 Å². The molecule has 0 heterocycles. The predicted octanol–water partition coefficient (Wildman–Crippen LogP) is 1.88. The molecule has 0 aromatic heterocycles. The molecule has 106 valence electrons. The van der Waals surface area contributed by atoms with Crippen molar-refractivity contribution in [1.82, 2.24) is 0 Å². The topological polar surface area (TPSA) is 77.8 Å². The Morgan fingerprint density at radius 3 is 2.68 bits per heavy atom. The molecule has 1 saturated carbocycles. The van der Waals surface area contributed by atoms with Gasteiger partial charge < -0.3 is 15.3 Å². The summed E-state index contributed by atoms with van der Waals surface area (Å²) in [4.78, 5) is 11.0. The summed E-state index contributed by atoms with van der Waals surface area (Å²) in [5.74, 6) is -1.17. The highest BCUT2D eigenvalue weighted by molar-refractivity contribution is 5.86. The van der Waals surface area contributed by atoms with Crippen molar-refractivity contribution in [2.45, 2.75) is 51.2 Å². The number of carbonyl (C=O) groups is 1. The minimum Gasteiger partial charge on any atom is -0.478 e. The number of aliphatic hydroxyl groups is 2. The highest BCUT2D eigenvalue weighted by atomic mass is 16.4. The number of carboxylic acid groups (broad SMARTS) is 1. The maximum Gasteiger partial charge on any atom is 0.331 e. The molecule has 0 saturated heterocycles. The molecular formula is C15H22O4. The van der Waals surface area contributed by atoms with E-state index in [0.29, 0.717) is 6.42 Å². The van der Waals surface area contributed by atoms with Gasteiger partial charge in [-0.15, -0.1) is 0 Å². The van der Waals surface area contributed by atoms with Crippen LogP contribution in [-0.2, 0) is 4.79 Å². The van der Waals surface area contributed by atoms with E-state index in [1.165, 1.54) is 13.0 Å². The van der Waals surface area contributed by atoms with E-state index in [0.717, 1.165) is 18.4 Å². The zero-order chi connectivity index (χ0) is 14.4. The Balaban J connectivity index is 2.48. The number of carboxylic acids is 1. The molecule has 2 rings (SSSR count). The summed E-state index contributed by atoms with van der Waals surface area (Å²) in [7, 11) is 0. The molecule has 1 fully saturated rings. The quantitative estimate of drug-likeness (QED) is 0.527. The number of rotatable bonds is 2. The van der Waals surface area contributed by atoms with E-state index in [1.807, 2.05) is 6.92 Å². The highest BCUT2D eigenvalue weighted by Gasteiger charge is 2.54. The Bertz CT molecular complexity index is 461. The largest absolute Gasteiger partial charge is 0.478 e. The van der Waals surface area contributed by atoms with Gasteiger partial charge in [-0.25, -0.2) is 4.79 Å². The number of hydrogen-bond acceptors (Lipinski definition) is 3. The van der Waals surface area contributed by atoms with Gasteiger partial charge in [-0.05, 0) is 58.1 Å². The van der Waals surface area contributed by atoms with Crippen LogP contribution in [0.5, 0.6) is 0 Å². The first-order valence-corrected chi connectivity index (χ1v) is 6.71. The molecule has 0 aromatic carbocycles. The van der Waals surface area contributed by atoms with E-state index in [-0.39, 0.29) is 17.4 Å². The molecule has 19 heavy (non-hydrogen) atoms. The number of aliphatic carboxylic acids is 1. The maximum absolute atomic E-state index is 11.0. The molecule has 0 aromatic rings. The molecule has 4 nitrogen and oxygen atoms in total. The van der Waals surface area contributed by atoms with Crippen LogP contribution in [0.25, 0.3) is 0 Å². The van der Waals surface area contributed by atoms with Crippen LogP contribution in [0.3, 0.4) is 0 Å². The molecule has 4 atom stereocenters. The summed E-state index contributed by atoms with van der Waals surface area (Å²) in [6.07, 6.45) is 5.47. The fourth-order valence-electron chi connectivity index (χ4n) is 3.90. The minimum atomic E-state index is -1.37. The van der Waals surface area contributed by atoms with Gasteiger partial charge >= 0.3 is 5.97 Å². The van der Waals surface area contributed by atoms with E-state index >= 15 is 0 Å². The van der Waals surface area contributed by atoms with Gasteiger partial charge in [-0.2, -0.15) is 0 Å². The maximum atomic E-state index is 11.0. The second kappa shape index (κ2) is 4.46. The Morgan fingerprint density at radius 2 is 2.11 bits per heavy atom. The molecule has 2 aliphatic rings. The lowest BCUT2D eigenvalue weighted by atomic mass is 9.67. The van der Waals surface area contributed by atoms with Crippen molar-refractivity contribution in [3.63, 3.8) is 0 Å². The molecule has 0 aliphatic heterocycles. The van der Waals surface area contributed by atoms with Gasteiger partial charge in [0.2, 0.25) is 0 Å². The Labute approximate surface area is 113 Å². The third-order valence-electron chi connectivity index (χ3n) is 4.51. The molecule has 3 N–H and O–H groups in total. The Kier molecular flexibility index (Phi) is 3.35. The standard InChI is InChI=1S/C15H22O4/c1-9-6-11-4-5-14(3,18)12(11)15(19,7-9)8-10(2)13(16)17/h7-8,11-12,18-19H,4-6H2,1-3H3,(H,16,17)/b10-8+/t11-,12-,14-,15-/m0/s1. The summed E-state index contributed by atoms with van der Waals surface area (Å²) in [6, 6.07) is 0. The smallest absolute Gasteiger partial charge is 0.331 e. The van der Waals surface area contributed by atoms with Crippen LogP contribution in [0.1, 0.15) is 40.0 Å². The molecule has 4 heteroatoms. The average Bonchev–Trinajstić information content (AvgIpc) is 2.53. The van der Waals surface area contributed by atoms with E-state index in [9.17, 15) is 15.0 Å². The van der Waals surface area contributed by atoms with Crippen LogP contribution in [0, 0.1) is 11.8 Å². The third-order valence-corrected chi connectivity index (χ3v) is 4.51. The van der Waals surface area contributed by atoms with Crippen molar-refractivity contribution in [1.29, 1.82) is 0 Å². The number of hydrogen-bond donors (Lipinski definition) is 3. The lowest BCUT2D eigenvalue weighted by Crippen LogP contribution is -2.50. The Hall–Kier alpha value is -1.13.